The Hall–Kier alpha value is -3.20. The van der Waals surface area contributed by atoms with Crippen molar-refractivity contribution in [3.05, 3.63) is 65.2 Å². The molecule has 2 aromatic rings. The fourth-order valence-corrected chi connectivity index (χ4v) is 4.99. The smallest absolute Gasteiger partial charge is 0.337 e. The predicted molar refractivity (Wildman–Crippen MR) is 110 cm³/mol. The number of amidine groups is 1. The van der Waals surface area contributed by atoms with Crippen molar-refractivity contribution in [2.75, 3.05) is 13.7 Å². The van der Waals surface area contributed by atoms with Crippen molar-refractivity contribution in [3.8, 4) is 0 Å². The van der Waals surface area contributed by atoms with Crippen molar-refractivity contribution in [1.29, 1.82) is 0 Å². The summed E-state index contributed by atoms with van der Waals surface area (Å²) < 4.78 is 33.3. The molecule has 0 radical (unpaired) electrons. The zero-order valence-electron chi connectivity index (χ0n) is 16.4. The molecule has 9 heteroatoms. The summed E-state index contributed by atoms with van der Waals surface area (Å²) in [6.07, 6.45) is 1.39. The first-order valence-electron chi connectivity index (χ1n) is 9.57. The average molecular weight is 427 g/mol. The van der Waals surface area contributed by atoms with Crippen LogP contribution in [0.15, 0.2) is 57.8 Å². The summed E-state index contributed by atoms with van der Waals surface area (Å²) >= 11 is 0. The van der Waals surface area contributed by atoms with Crippen LogP contribution in [0.5, 0.6) is 0 Å². The number of ether oxygens (including phenoxy) is 1. The van der Waals surface area contributed by atoms with Crippen LogP contribution in [0, 0.1) is 0 Å². The highest BCUT2D eigenvalue weighted by molar-refractivity contribution is 7.90. The number of nitrogens with one attached hydrogen (secondary N) is 1. The number of hydrogen-bond donors (Lipinski definition) is 1. The first-order valence-corrected chi connectivity index (χ1v) is 11.0. The topological polar surface area (TPSA) is 105 Å². The van der Waals surface area contributed by atoms with E-state index in [0.29, 0.717) is 36.5 Å². The lowest BCUT2D eigenvalue weighted by molar-refractivity contribution is -0.124. The van der Waals surface area contributed by atoms with E-state index >= 15 is 0 Å². The van der Waals surface area contributed by atoms with E-state index in [9.17, 15) is 18.0 Å². The number of rotatable bonds is 4. The van der Waals surface area contributed by atoms with Gasteiger partial charge in [-0.1, -0.05) is 24.3 Å². The summed E-state index contributed by atoms with van der Waals surface area (Å²) in [5.41, 5.74) is 1.82. The number of carbonyl (C=O) groups excluding carboxylic acids is 2. The maximum atomic E-state index is 12.8. The number of carbonyl (C=O) groups is 2. The van der Waals surface area contributed by atoms with E-state index in [-0.39, 0.29) is 10.8 Å². The van der Waals surface area contributed by atoms with Crippen LogP contribution in [0.4, 0.5) is 0 Å². The molecule has 156 valence electrons. The molecule has 2 aliphatic heterocycles. The Morgan fingerprint density at radius 1 is 1.17 bits per heavy atom. The zero-order valence-corrected chi connectivity index (χ0v) is 17.2. The number of fused-ring (bicyclic) bond motifs is 1. The number of methoxy groups -OCH3 is 1. The standard InChI is InChI=1S/C21H21N3O5S/c1-29-21(26)15-10-8-14(9-11-15)13-22-20(25)17-6-4-12-24(17)19-16-5-2-3-7-18(16)30(27,28)23-19/h2-3,5,7-11,17H,4,6,12-13H2,1H3,(H,22,25)/t17-/m0/s1. The van der Waals surface area contributed by atoms with Gasteiger partial charge >= 0.3 is 5.97 Å². The predicted octanol–water partition coefficient (Wildman–Crippen LogP) is 1.70. The van der Waals surface area contributed by atoms with E-state index in [0.717, 1.165) is 12.0 Å². The second-order valence-electron chi connectivity index (χ2n) is 7.14. The summed E-state index contributed by atoms with van der Waals surface area (Å²) in [6.45, 7) is 0.862. The van der Waals surface area contributed by atoms with Gasteiger partial charge < -0.3 is 15.0 Å². The lowest BCUT2D eigenvalue weighted by atomic mass is 10.1. The van der Waals surface area contributed by atoms with Gasteiger partial charge in [-0.05, 0) is 42.7 Å². The van der Waals surface area contributed by atoms with Gasteiger partial charge in [-0.3, -0.25) is 4.79 Å². The van der Waals surface area contributed by atoms with Crippen molar-refractivity contribution >= 4 is 27.7 Å². The minimum atomic E-state index is -3.73. The highest BCUT2D eigenvalue weighted by atomic mass is 32.2. The maximum absolute atomic E-state index is 12.8. The van der Waals surface area contributed by atoms with Crippen LogP contribution < -0.4 is 5.32 Å². The molecule has 30 heavy (non-hydrogen) atoms. The molecule has 0 aliphatic carbocycles. The molecule has 0 spiro atoms. The highest BCUT2D eigenvalue weighted by Gasteiger charge is 2.39. The van der Waals surface area contributed by atoms with Crippen LogP contribution in [-0.4, -0.2) is 50.7 Å². The molecule has 2 heterocycles. The van der Waals surface area contributed by atoms with Gasteiger partial charge in [0.1, 0.15) is 10.9 Å². The normalized spacial score (nSPS) is 19.2. The van der Waals surface area contributed by atoms with Gasteiger partial charge in [-0.2, -0.15) is 8.42 Å². The summed E-state index contributed by atoms with van der Waals surface area (Å²) in [4.78, 5) is 26.3. The van der Waals surface area contributed by atoms with Crippen molar-refractivity contribution < 1.29 is 22.7 Å². The second-order valence-corrected chi connectivity index (χ2v) is 8.72. The fourth-order valence-electron chi connectivity index (χ4n) is 3.77. The Morgan fingerprint density at radius 2 is 1.90 bits per heavy atom. The minimum Gasteiger partial charge on any atom is -0.465 e. The van der Waals surface area contributed by atoms with Gasteiger partial charge in [0.2, 0.25) is 5.91 Å². The Labute approximate surface area is 174 Å². The molecule has 4 rings (SSSR count). The second kappa shape index (κ2) is 7.91. The van der Waals surface area contributed by atoms with Crippen molar-refractivity contribution in [3.63, 3.8) is 0 Å². The average Bonchev–Trinajstić information content (AvgIpc) is 3.35. The number of sulfonamides is 1. The number of hydrogen-bond acceptors (Lipinski definition) is 6. The van der Waals surface area contributed by atoms with Gasteiger partial charge in [-0.15, -0.1) is 4.40 Å². The largest absolute Gasteiger partial charge is 0.465 e. The van der Waals surface area contributed by atoms with E-state index in [1.165, 1.54) is 13.2 Å². The molecule has 0 saturated carbocycles. The Morgan fingerprint density at radius 3 is 2.63 bits per heavy atom. The van der Waals surface area contributed by atoms with Crippen LogP contribution in [0.2, 0.25) is 0 Å². The van der Waals surface area contributed by atoms with Crippen molar-refractivity contribution in [1.82, 2.24) is 10.2 Å². The molecule has 8 nitrogen and oxygen atoms in total. The molecule has 1 saturated heterocycles. The maximum Gasteiger partial charge on any atom is 0.337 e. The van der Waals surface area contributed by atoms with E-state index < -0.39 is 22.0 Å². The Kier molecular flexibility index (Phi) is 5.29. The van der Waals surface area contributed by atoms with Gasteiger partial charge in [0.25, 0.3) is 10.0 Å². The first-order chi connectivity index (χ1) is 14.4. The number of benzene rings is 2. The number of nitrogens with zero attached hydrogens (tertiary/aromatic N) is 2. The first kappa shape index (κ1) is 20.1. The molecule has 1 fully saturated rings. The molecular formula is C21H21N3O5S. The van der Waals surface area contributed by atoms with Crippen molar-refractivity contribution in [2.45, 2.75) is 30.3 Å². The highest BCUT2D eigenvalue weighted by Crippen LogP contribution is 2.31. The monoisotopic (exact) mass is 427 g/mol. The third kappa shape index (κ3) is 3.68. The van der Waals surface area contributed by atoms with Gasteiger partial charge in [-0.25, -0.2) is 4.79 Å². The minimum absolute atomic E-state index is 0.178. The van der Waals surface area contributed by atoms with E-state index in [1.807, 2.05) is 0 Å². The lowest BCUT2D eigenvalue weighted by Gasteiger charge is -2.25. The molecule has 1 amide bonds. The van der Waals surface area contributed by atoms with E-state index in [1.54, 1.807) is 47.4 Å². The molecule has 0 unspecified atom stereocenters. The van der Waals surface area contributed by atoms with Gasteiger partial charge in [0.05, 0.1) is 12.7 Å². The number of likely N-dealkylation sites (tertiary alicyclic amines) is 1. The quantitative estimate of drug-likeness (QED) is 0.745. The summed E-state index contributed by atoms with van der Waals surface area (Å²) in [5.74, 6) is -0.264. The van der Waals surface area contributed by atoms with Crippen LogP contribution in [0.25, 0.3) is 0 Å². The number of amides is 1. The van der Waals surface area contributed by atoms with E-state index in [2.05, 4.69) is 14.5 Å². The third-order valence-electron chi connectivity index (χ3n) is 5.28. The van der Waals surface area contributed by atoms with Gasteiger partial charge in [0, 0.05) is 18.7 Å². The molecule has 2 aliphatic rings. The summed E-state index contributed by atoms with van der Waals surface area (Å²) in [6, 6.07) is 13.0. The third-order valence-corrected chi connectivity index (χ3v) is 6.61. The molecule has 0 bridgehead atoms. The molecular weight excluding hydrogens is 406 g/mol. The fraction of sp³-hybridized carbons (Fsp3) is 0.286. The molecule has 1 N–H and O–H groups in total. The van der Waals surface area contributed by atoms with Crippen LogP contribution >= 0.6 is 0 Å². The molecule has 2 aromatic carbocycles. The van der Waals surface area contributed by atoms with Crippen molar-refractivity contribution in [2.24, 2.45) is 4.40 Å². The molecule has 0 aromatic heterocycles. The Bertz CT molecular complexity index is 1130. The van der Waals surface area contributed by atoms with Crippen LogP contribution in [0.3, 0.4) is 0 Å². The van der Waals surface area contributed by atoms with Crippen LogP contribution in [-0.2, 0) is 26.1 Å². The zero-order chi connectivity index (χ0) is 21.3. The van der Waals surface area contributed by atoms with E-state index in [4.69, 9.17) is 0 Å². The van der Waals surface area contributed by atoms with Crippen LogP contribution in [0.1, 0.15) is 34.3 Å². The Balaban J connectivity index is 1.47. The SMILES string of the molecule is COC(=O)c1ccc(CNC(=O)[C@@H]2CCCN2C2=NS(=O)(=O)c3ccccc32)cc1. The summed E-state index contributed by atoms with van der Waals surface area (Å²) in [7, 11) is -2.41. The summed E-state index contributed by atoms with van der Waals surface area (Å²) in [5, 5.41) is 2.90. The number of esters is 1. The van der Waals surface area contributed by atoms with Gasteiger partial charge in [0.15, 0.2) is 5.84 Å². The molecule has 1 atom stereocenters. The lowest BCUT2D eigenvalue weighted by Crippen LogP contribution is -2.45.